The van der Waals surface area contributed by atoms with Crippen molar-refractivity contribution in [2.45, 2.75) is 131 Å². The van der Waals surface area contributed by atoms with E-state index in [1.54, 1.807) is 41.5 Å². The highest BCUT2D eigenvalue weighted by Crippen LogP contribution is 2.20. The van der Waals surface area contributed by atoms with E-state index in [0.717, 1.165) is 61.3 Å². The minimum absolute atomic E-state index is 0.231. The second-order valence-corrected chi connectivity index (χ2v) is 15.0. The molecule has 0 bridgehead atoms. The Morgan fingerprint density at radius 2 is 1.37 bits per heavy atom. The number of esters is 2. The number of unbranched alkanes of at least 4 members (excludes halogenated alkanes) is 4. The Labute approximate surface area is 299 Å². The number of hydrogen-bond donors (Lipinski definition) is 2. The highest BCUT2D eigenvalue weighted by atomic mass is 35.5. The lowest BCUT2D eigenvalue weighted by Crippen LogP contribution is -2.51. The summed E-state index contributed by atoms with van der Waals surface area (Å²) in [6.07, 6.45) is 3.16. The van der Waals surface area contributed by atoms with Crippen LogP contribution in [0.4, 0.5) is 5.69 Å². The molecule has 10 heteroatoms. The smallest absolute Gasteiger partial charge is 0.339 e. The SMILES string of the molecule is Cc1ccc(CCCCCO[C@@H](C(=O)NCCCCCNc2ccc(C)c(Cl)c2)[C@@H](OCC(=O)OC(C)(C)C)C(=O)OC(C)(C)C)cc1C. The molecule has 2 atom stereocenters. The molecule has 9 nitrogen and oxygen atoms in total. The molecule has 0 unspecified atom stereocenters. The summed E-state index contributed by atoms with van der Waals surface area (Å²) in [5.74, 6) is -1.94. The standard InChI is InChI=1S/C39H59ClN2O7/c1-27-17-19-30(24-29(27)3)16-12-10-15-23-46-34(35(37(45)49-39(7,8)9)47-26-33(43)48-38(4,5)6)36(44)42-22-14-11-13-21-41-31-20-18-28(2)32(40)25-31/h17-20,24-25,34-35,41H,10-16,21-23,26H2,1-9H3,(H,42,44)/t34-,35-/m1/s1. The largest absolute Gasteiger partial charge is 0.458 e. The molecular formula is C39H59ClN2O7. The normalized spacial score (nSPS) is 13.0. The van der Waals surface area contributed by atoms with Gasteiger partial charge in [-0.05, 0) is 135 Å². The number of rotatable bonds is 20. The Kier molecular flexibility index (Phi) is 17.6. The van der Waals surface area contributed by atoms with Gasteiger partial charge in [-0.3, -0.25) is 4.79 Å². The van der Waals surface area contributed by atoms with Gasteiger partial charge < -0.3 is 29.6 Å². The zero-order valence-corrected chi connectivity index (χ0v) is 31.9. The number of ether oxygens (including phenoxy) is 4. The van der Waals surface area contributed by atoms with E-state index >= 15 is 0 Å². The van der Waals surface area contributed by atoms with Crippen molar-refractivity contribution in [1.29, 1.82) is 0 Å². The van der Waals surface area contributed by atoms with Gasteiger partial charge in [-0.1, -0.05) is 42.3 Å². The summed E-state index contributed by atoms with van der Waals surface area (Å²) in [4.78, 5) is 39.5. The van der Waals surface area contributed by atoms with E-state index < -0.39 is 47.9 Å². The van der Waals surface area contributed by atoms with Crippen LogP contribution in [0.1, 0.15) is 102 Å². The Bertz CT molecular complexity index is 1350. The van der Waals surface area contributed by atoms with Gasteiger partial charge in [0.2, 0.25) is 0 Å². The lowest BCUT2D eigenvalue weighted by Gasteiger charge is -2.29. The van der Waals surface area contributed by atoms with E-state index in [4.69, 9.17) is 30.5 Å². The summed E-state index contributed by atoms with van der Waals surface area (Å²) in [6.45, 7) is 17.4. The van der Waals surface area contributed by atoms with Gasteiger partial charge in [-0.25, -0.2) is 9.59 Å². The number of nitrogens with one attached hydrogen (secondary N) is 2. The van der Waals surface area contributed by atoms with E-state index in [-0.39, 0.29) is 6.61 Å². The molecule has 1 amide bonds. The van der Waals surface area contributed by atoms with Crippen molar-refractivity contribution in [3.63, 3.8) is 0 Å². The van der Waals surface area contributed by atoms with Crippen LogP contribution in [-0.4, -0.2) is 67.6 Å². The molecule has 274 valence electrons. The number of anilines is 1. The molecule has 0 spiro atoms. The lowest BCUT2D eigenvalue weighted by molar-refractivity contribution is -0.187. The molecule has 0 aliphatic carbocycles. The fourth-order valence-electron chi connectivity index (χ4n) is 4.92. The molecule has 49 heavy (non-hydrogen) atoms. The van der Waals surface area contributed by atoms with Crippen LogP contribution in [0.15, 0.2) is 36.4 Å². The topological polar surface area (TPSA) is 112 Å². The maximum Gasteiger partial charge on any atom is 0.339 e. The minimum Gasteiger partial charge on any atom is -0.458 e. The van der Waals surface area contributed by atoms with Crippen molar-refractivity contribution in [2.75, 3.05) is 31.6 Å². The van der Waals surface area contributed by atoms with E-state index in [9.17, 15) is 14.4 Å². The second-order valence-electron chi connectivity index (χ2n) is 14.6. The number of hydrogen-bond acceptors (Lipinski definition) is 8. The first kappa shape index (κ1) is 42.0. The number of amides is 1. The zero-order chi connectivity index (χ0) is 36.6. The summed E-state index contributed by atoms with van der Waals surface area (Å²) in [7, 11) is 0. The maximum absolute atomic E-state index is 13.6. The maximum atomic E-state index is 13.6. The number of carbonyl (C=O) groups excluding carboxylic acids is 3. The van der Waals surface area contributed by atoms with Gasteiger partial charge >= 0.3 is 11.9 Å². The minimum atomic E-state index is -1.46. The van der Waals surface area contributed by atoms with E-state index in [0.29, 0.717) is 13.0 Å². The summed E-state index contributed by atoms with van der Waals surface area (Å²) in [6, 6.07) is 12.4. The first-order valence-electron chi connectivity index (χ1n) is 17.5. The molecule has 0 fully saturated rings. The third-order valence-corrected chi connectivity index (χ3v) is 8.01. The number of benzene rings is 2. The fraction of sp³-hybridized carbons (Fsp3) is 0.615. The zero-order valence-electron chi connectivity index (χ0n) is 31.1. The molecule has 0 radical (unpaired) electrons. The predicted molar refractivity (Wildman–Crippen MR) is 196 cm³/mol. The summed E-state index contributed by atoms with van der Waals surface area (Å²) in [5, 5.41) is 7.00. The van der Waals surface area contributed by atoms with E-state index in [1.165, 1.54) is 16.7 Å². The highest BCUT2D eigenvalue weighted by Gasteiger charge is 2.39. The van der Waals surface area contributed by atoms with Crippen LogP contribution >= 0.6 is 11.6 Å². The van der Waals surface area contributed by atoms with Crippen LogP contribution in [-0.2, 0) is 39.8 Å². The van der Waals surface area contributed by atoms with Crippen LogP contribution < -0.4 is 10.6 Å². The number of halogens is 1. The molecule has 2 rings (SSSR count). The van der Waals surface area contributed by atoms with Crippen molar-refractivity contribution in [2.24, 2.45) is 0 Å². The summed E-state index contributed by atoms with van der Waals surface area (Å²) < 4.78 is 22.8. The molecule has 2 N–H and O–H groups in total. The van der Waals surface area contributed by atoms with Gasteiger partial charge in [0, 0.05) is 30.4 Å². The van der Waals surface area contributed by atoms with Gasteiger partial charge in [0.15, 0.2) is 12.2 Å². The van der Waals surface area contributed by atoms with Gasteiger partial charge in [0.05, 0.1) is 0 Å². The molecule has 2 aromatic carbocycles. The van der Waals surface area contributed by atoms with Crippen molar-refractivity contribution in [1.82, 2.24) is 5.32 Å². The predicted octanol–water partition coefficient (Wildman–Crippen LogP) is 7.83. The monoisotopic (exact) mass is 702 g/mol. The molecule has 0 aliphatic heterocycles. The van der Waals surface area contributed by atoms with Gasteiger partial charge in [0.25, 0.3) is 5.91 Å². The van der Waals surface area contributed by atoms with Gasteiger partial charge in [-0.15, -0.1) is 0 Å². The number of carbonyl (C=O) groups is 3. The van der Waals surface area contributed by atoms with Crippen LogP contribution in [0.3, 0.4) is 0 Å². The second kappa shape index (κ2) is 20.5. The van der Waals surface area contributed by atoms with Crippen molar-refractivity contribution < 1.29 is 33.3 Å². The van der Waals surface area contributed by atoms with Gasteiger partial charge in [-0.2, -0.15) is 0 Å². The van der Waals surface area contributed by atoms with E-state index in [2.05, 4.69) is 42.7 Å². The fourth-order valence-corrected chi connectivity index (χ4v) is 5.10. The summed E-state index contributed by atoms with van der Waals surface area (Å²) in [5.41, 5.74) is 4.25. The first-order valence-corrected chi connectivity index (χ1v) is 17.8. The molecule has 0 aliphatic rings. The van der Waals surface area contributed by atoms with Crippen molar-refractivity contribution >= 4 is 35.1 Å². The van der Waals surface area contributed by atoms with Crippen LogP contribution in [0.2, 0.25) is 5.02 Å². The molecule has 2 aromatic rings. The Morgan fingerprint density at radius 3 is 2.02 bits per heavy atom. The molecule has 0 heterocycles. The Hall–Kier alpha value is -3.14. The van der Waals surface area contributed by atoms with Crippen molar-refractivity contribution in [3.8, 4) is 0 Å². The molecule has 0 saturated heterocycles. The molecule has 0 aromatic heterocycles. The van der Waals surface area contributed by atoms with E-state index in [1.807, 2.05) is 25.1 Å². The average Bonchev–Trinajstić information content (AvgIpc) is 2.99. The quantitative estimate of drug-likeness (QED) is 0.106. The summed E-state index contributed by atoms with van der Waals surface area (Å²) >= 11 is 6.22. The Balaban J connectivity index is 2.01. The first-order chi connectivity index (χ1) is 22.9. The molecule has 0 saturated carbocycles. The van der Waals surface area contributed by atoms with Gasteiger partial charge in [0.1, 0.15) is 17.8 Å². The highest BCUT2D eigenvalue weighted by molar-refractivity contribution is 6.31. The lowest BCUT2D eigenvalue weighted by atomic mass is 10.0. The number of aryl methyl sites for hydroxylation is 4. The average molecular weight is 703 g/mol. The van der Waals surface area contributed by atoms with Crippen LogP contribution in [0, 0.1) is 20.8 Å². The third kappa shape index (κ3) is 17.4. The molecular weight excluding hydrogens is 644 g/mol. The van der Waals surface area contributed by atoms with Crippen LogP contribution in [0.5, 0.6) is 0 Å². The Morgan fingerprint density at radius 1 is 0.714 bits per heavy atom. The third-order valence-electron chi connectivity index (χ3n) is 7.61. The van der Waals surface area contributed by atoms with Crippen LogP contribution in [0.25, 0.3) is 0 Å². The van der Waals surface area contributed by atoms with Crippen molar-refractivity contribution in [3.05, 3.63) is 63.7 Å².